The second-order valence-corrected chi connectivity index (χ2v) is 7.89. The summed E-state index contributed by atoms with van der Waals surface area (Å²) in [5.74, 6) is 2.10. The van der Waals surface area contributed by atoms with Gasteiger partial charge < -0.3 is 14.8 Å². The van der Waals surface area contributed by atoms with Crippen molar-refractivity contribution < 1.29 is 14.3 Å². The minimum atomic E-state index is -0.493. The van der Waals surface area contributed by atoms with Gasteiger partial charge in [-0.05, 0) is 75.5 Å². The molecule has 2 aromatic rings. The van der Waals surface area contributed by atoms with E-state index in [1.54, 1.807) is 14.0 Å². The molecule has 0 bridgehead atoms. The maximum atomic E-state index is 12.4. The molecule has 1 heterocycles. The second kappa shape index (κ2) is 10.3. The number of benzene rings is 2. The molecule has 1 unspecified atom stereocenters. The van der Waals surface area contributed by atoms with Crippen LogP contribution < -0.4 is 14.8 Å². The molecular weight excluding hydrogens is 364 g/mol. The monoisotopic (exact) mass is 396 g/mol. The van der Waals surface area contributed by atoms with E-state index < -0.39 is 6.10 Å². The summed E-state index contributed by atoms with van der Waals surface area (Å²) in [4.78, 5) is 14.8. The Morgan fingerprint density at radius 1 is 1.07 bits per heavy atom. The molecule has 0 spiro atoms. The first-order valence-electron chi connectivity index (χ1n) is 10.4. The molecule has 1 saturated heterocycles. The average Bonchev–Trinajstić information content (AvgIpc) is 2.75. The second-order valence-electron chi connectivity index (χ2n) is 7.89. The molecule has 2 aromatic carbocycles. The van der Waals surface area contributed by atoms with Gasteiger partial charge >= 0.3 is 0 Å². The number of hydrogen-bond acceptors (Lipinski definition) is 4. The summed E-state index contributed by atoms with van der Waals surface area (Å²) < 4.78 is 11.0. The van der Waals surface area contributed by atoms with Gasteiger partial charge in [0.25, 0.3) is 5.91 Å². The highest BCUT2D eigenvalue weighted by atomic mass is 16.5. The van der Waals surface area contributed by atoms with Crippen molar-refractivity contribution in [3.8, 4) is 11.5 Å². The Labute approximate surface area is 174 Å². The Morgan fingerprint density at radius 2 is 1.69 bits per heavy atom. The van der Waals surface area contributed by atoms with E-state index in [0.717, 1.165) is 50.5 Å². The van der Waals surface area contributed by atoms with Crippen LogP contribution >= 0.6 is 0 Å². The topological polar surface area (TPSA) is 50.8 Å². The van der Waals surface area contributed by atoms with Gasteiger partial charge in [0, 0.05) is 13.1 Å². The van der Waals surface area contributed by atoms with Crippen LogP contribution in [0.4, 0.5) is 0 Å². The number of methoxy groups -OCH3 is 1. The molecule has 1 atom stereocenters. The fraction of sp³-hybridized carbons (Fsp3) is 0.458. The zero-order chi connectivity index (χ0) is 20.6. The number of carbonyl (C=O) groups excluding carboxylic acids is 1. The smallest absolute Gasteiger partial charge is 0.260 e. The van der Waals surface area contributed by atoms with Gasteiger partial charge in [0.2, 0.25) is 0 Å². The lowest BCUT2D eigenvalue weighted by Gasteiger charge is -2.32. The first-order chi connectivity index (χ1) is 14.0. The lowest BCUT2D eigenvalue weighted by atomic mass is 9.96. The predicted molar refractivity (Wildman–Crippen MR) is 115 cm³/mol. The van der Waals surface area contributed by atoms with E-state index in [1.165, 1.54) is 11.1 Å². The number of hydrogen-bond donors (Lipinski definition) is 1. The zero-order valence-electron chi connectivity index (χ0n) is 17.7. The van der Waals surface area contributed by atoms with E-state index in [0.29, 0.717) is 5.92 Å². The SMILES string of the molecule is COc1ccc(CN2CCC(CNC(=O)C(C)Oc3ccc(C)cc3)CC2)cc1. The Balaban J connectivity index is 1.36. The summed E-state index contributed by atoms with van der Waals surface area (Å²) in [6.07, 6.45) is 1.71. The van der Waals surface area contributed by atoms with E-state index in [1.807, 2.05) is 43.3 Å². The highest BCUT2D eigenvalue weighted by Crippen LogP contribution is 2.20. The van der Waals surface area contributed by atoms with Gasteiger partial charge in [-0.1, -0.05) is 29.8 Å². The van der Waals surface area contributed by atoms with Crippen molar-refractivity contribution in [2.24, 2.45) is 5.92 Å². The van der Waals surface area contributed by atoms with Crippen LogP contribution in [-0.4, -0.2) is 43.7 Å². The molecular formula is C24H32N2O3. The van der Waals surface area contributed by atoms with Gasteiger partial charge in [-0.3, -0.25) is 9.69 Å². The van der Waals surface area contributed by atoms with Crippen molar-refractivity contribution >= 4 is 5.91 Å². The Kier molecular flexibility index (Phi) is 7.53. The number of nitrogens with zero attached hydrogens (tertiary/aromatic N) is 1. The summed E-state index contributed by atoms with van der Waals surface area (Å²) in [6.45, 7) is 7.63. The Bertz CT molecular complexity index is 766. The minimum absolute atomic E-state index is 0.0498. The molecule has 1 fully saturated rings. The van der Waals surface area contributed by atoms with E-state index in [9.17, 15) is 4.79 Å². The quantitative estimate of drug-likeness (QED) is 0.737. The number of amides is 1. The zero-order valence-corrected chi connectivity index (χ0v) is 17.7. The van der Waals surface area contributed by atoms with Gasteiger partial charge in [0.1, 0.15) is 11.5 Å². The van der Waals surface area contributed by atoms with Crippen LogP contribution in [0.5, 0.6) is 11.5 Å². The van der Waals surface area contributed by atoms with Crippen molar-refractivity contribution in [3.05, 3.63) is 59.7 Å². The summed E-state index contributed by atoms with van der Waals surface area (Å²) in [5.41, 5.74) is 2.48. The molecule has 156 valence electrons. The van der Waals surface area contributed by atoms with Gasteiger partial charge in [-0.25, -0.2) is 0 Å². The van der Waals surface area contributed by atoms with Gasteiger partial charge in [0.15, 0.2) is 6.10 Å². The lowest BCUT2D eigenvalue weighted by Crippen LogP contribution is -2.42. The van der Waals surface area contributed by atoms with Gasteiger partial charge in [-0.2, -0.15) is 0 Å². The van der Waals surface area contributed by atoms with Crippen molar-refractivity contribution in [2.75, 3.05) is 26.7 Å². The standard InChI is InChI=1S/C24H32N2O3/c1-18-4-8-23(9-5-18)29-19(2)24(27)25-16-20-12-14-26(15-13-20)17-21-6-10-22(28-3)11-7-21/h4-11,19-20H,12-17H2,1-3H3,(H,25,27). The molecule has 1 N–H and O–H groups in total. The molecule has 1 aliphatic rings. The predicted octanol–water partition coefficient (Wildman–Crippen LogP) is 3.80. The summed E-state index contributed by atoms with van der Waals surface area (Å²) >= 11 is 0. The van der Waals surface area contributed by atoms with Crippen molar-refractivity contribution in [2.45, 2.75) is 39.3 Å². The van der Waals surface area contributed by atoms with E-state index in [-0.39, 0.29) is 5.91 Å². The third-order valence-electron chi connectivity index (χ3n) is 5.54. The molecule has 0 aromatic heterocycles. The number of aryl methyl sites for hydroxylation is 1. The maximum absolute atomic E-state index is 12.4. The molecule has 1 amide bonds. The Morgan fingerprint density at radius 3 is 2.31 bits per heavy atom. The highest BCUT2D eigenvalue weighted by molar-refractivity contribution is 5.80. The average molecular weight is 397 g/mol. The molecule has 0 aliphatic carbocycles. The number of nitrogens with one attached hydrogen (secondary N) is 1. The number of rotatable bonds is 8. The first-order valence-corrected chi connectivity index (χ1v) is 10.4. The van der Waals surface area contributed by atoms with Crippen LogP contribution in [0, 0.1) is 12.8 Å². The normalized spacial score (nSPS) is 16.2. The third kappa shape index (κ3) is 6.50. The molecule has 0 saturated carbocycles. The number of likely N-dealkylation sites (tertiary alicyclic amines) is 1. The van der Waals surface area contributed by atoms with Crippen molar-refractivity contribution in [3.63, 3.8) is 0 Å². The third-order valence-corrected chi connectivity index (χ3v) is 5.54. The molecule has 5 nitrogen and oxygen atoms in total. The largest absolute Gasteiger partial charge is 0.497 e. The van der Waals surface area contributed by atoms with Crippen LogP contribution in [0.3, 0.4) is 0 Å². The Hall–Kier alpha value is -2.53. The fourth-order valence-corrected chi connectivity index (χ4v) is 3.60. The van der Waals surface area contributed by atoms with Crippen molar-refractivity contribution in [1.82, 2.24) is 10.2 Å². The fourth-order valence-electron chi connectivity index (χ4n) is 3.60. The van der Waals surface area contributed by atoms with Crippen LogP contribution in [0.15, 0.2) is 48.5 Å². The number of ether oxygens (including phenoxy) is 2. The number of carbonyl (C=O) groups is 1. The van der Waals surface area contributed by atoms with Crippen LogP contribution in [-0.2, 0) is 11.3 Å². The molecule has 0 radical (unpaired) electrons. The van der Waals surface area contributed by atoms with Crippen LogP contribution in [0.1, 0.15) is 30.9 Å². The molecule has 1 aliphatic heterocycles. The summed E-state index contributed by atoms with van der Waals surface area (Å²) in [6, 6.07) is 16.0. The van der Waals surface area contributed by atoms with E-state index in [2.05, 4.69) is 22.3 Å². The maximum Gasteiger partial charge on any atom is 0.260 e. The van der Waals surface area contributed by atoms with Gasteiger partial charge in [0.05, 0.1) is 7.11 Å². The van der Waals surface area contributed by atoms with E-state index in [4.69, 9.17) is 9.47 Å². The number of piperidine rings is 1. The summed E-state index contributed by atoms with van der Waals surface area (Å²) in [7, 11) is 1.69. The van der Waals surface area contributed by atoms with Crippen LogP contribution in [0.25, 0.3) is 0 Å². The van der Waals surface area contributed by atoms with E-state index >= 15 is 0 Å². The highest BCUT2D eigenvalue weighted by Gasteiger charge is 2.21. The van der Waals surface area contributed by atoms with Gasteiger partial charge in [-0.15, -0.1) is 0 Å². The molecule has 3 rings (SSSR count). The lowest BCUT2D eigenvalue weighted by molar-refractivity contribution is -0.127. The minimum Gasteiger partial charge on any atom is -0.497 e. The summed E-state index contributed by atoms with van der Waals surface area (Å²) in [5, 5.41) is 3.06. The van der Waals surface area contributed by atoms with Crippen molar-refractivity contribution in [1.29, 1.82) is 0 Å². The molecule has 29 heavy (non-hydrogen) atoms. The first kappa shape index (κ1) is 21.2. The van der Waals surface area contributed by atoms with Crippen LogP contribution in [0.2, 0.25) is 0 Å². The molecule has 5 heteroatoms.